The van der Waals surface area contributed by atoms with Crippen molar-refractivity contribution in [2.75, 3.05) is 12.8 Å². The number of anilines is 1. The first kappa shape index (κ1) is 14.7. The maximum absolute atomic E-state index is 6.04. The van der Waals surface area contributed by atoms with E-state index in [2.05, 4.69) is 5.43 Å². The molecule has 0 radical (unpaired) electrons. The molecular formula is C15H18ClN3O. The second-order valence-corrected chi connectivity index (χ2v) is 5.03. The molecule has 0 saturated heterocycles. The molecule has 0 spiro atoms. The number of ether oxygens (including phenoxy) is 1. The standard InChI is InChI=1S/C15H18ClN3O/c1-9-7-11(20-2)4-6-12(9)15(19-18)13-5-3-10(16)8-14(13)17/h3-8,15,19H,17-18H2,1-2H3. The van der Waals surface area contributed by atoms with E-state index >= 15 is 0 Å². The van der Waals surface area contributed by atoms with Crippen molar-refractivity contribution in [3.05, 3.63) is 58.1 Å². The zero-order valence-electron chi connectivity index (χ0n) is 11.5. The molecule has 4 nitrogen and oxygen atoms in total. The number of hydrazine groups is 1. The molecule has 106 valence electrons. The van der Waals surface area contributed by atoms with Crippen molar-refractivity contribution in [3.63, 3.8) is 0 Å². The van der Waals surface area contributed by atoms with Crippen LogP contribution >= 0.6 is 11.6 Å². The van der Waals surface area contributed by atoms with Crippen LogP contribution in [0.2, 0.25) is 5.02 Å². The molecule has 0 saturated carbocycles. The zero-order chi connectivity index (χ0) is 14.7. The fourth-order valence-corrected chi connectivity index (χ4v) is 2.44. The predicted molar refractivity (Wildman–Crippen MR) is 82.8 cm³/mol. The number of rotatable bonds is 4. The number of aryl methyl sites for hydroxylation is 1. The molecule has 0 aliphatic heterocycles. The third kappa shape index (κ3) is 2.88. The average molecular weight is 292 g/mol. The number of benzene rings is 2. The van der Waals surface area contributed by atoms with Crippen LogP contribution in [-0.4, -0.2) is 7.11 Å². The molecule has 2 aromatic rings. The van der Waals surface area contributed by atoms with Crippen LogP contribution in [0.4, 0.5) is 5.69 Å². The van der Waals surface area contributed by atoms with E-state index in [0.717, 1.165) is 22.4 Å². The van der Waals surface area contributed by atoms with E-state index in [9.17, 15) is 0 Å². The highest BCUT2D eigenvalue weighted by Gasteiger charge is 2.17. The lowest BCUT2D eigenvalue weighted by Crippen LogP contribution is -2.30. The molecule has 0 aromatic heterocycles. The minimum absolute atomic E-state index is 0.196. The molecule has 1 unspecified atom stereocenters. The van der Waals surface area contributed by atoms with Gasteiger partial charge in [-0.3, -0.25) is 5.84 Å². The summed E-state index contributed by atoms with van der Waals surface area (Å²) < 4.78 is 5.21. The van der Waals surface area contributed by atoms with Gasteiger partial charge in [-0.1, -0.05) is 23.7 Å². The van der Waals surface area contributed by atoms with Crippen LogP contribution in [0.15, 0.2) is 36.4 Å². The number of nitrogen functional groups attached to an aromatic ring is 1. The molecule has 5 N–H and O–H groups in total. The van der Waals surface area contributed by atoms with E-state index in [1.54, 1.807) is 19.2 Å². The van der Waals surface area contributed by atoms with Crippen LogP contribution in [0.3, 0.4) is 0 Å². The molecule has 0 amide bonds. The van der Waals surface area contributed by atoms with Crippen molar-refractivity contribution < 1.29 is 4.74 Å². The maximum Gasteiger partial charge on any atom is 0.119 e. The van der Waals surface area contributed by atoms with Crippen LogP contribution in [0.25, 0.3) is 0 Å². The molecule has 0 heterocycles. The second kappa shape index (κ2) is 6.13. The molecule has 0 fully saturated rings. The van der Waals surface area contributed by atoms with Gasteiger partial charge in [-0.25, -0.2) is 5.43 Å². The molecule has 0 aliphatic carbocycles. The molecular weight excluding hydrogens is 274 g/mol. The topological polar surface area (TPSA) is 73.3 Å². The molecule has 1 atom stereocenters. The zero-order valence-corrected chi connectivity index (χ0v) is 12.2. The Labute approximate surface area is 123 Å². The first-order chi connectivity index (χ1) is 9.56. The maximum atomic E-state index is 6.04. The van der Waals surface area contributed by atoms with E-state index in [4.69, 9.17) is 27.9 Å². The summed E-state index contributed by atoms with van der Waals surface area (Å²) in [5, 5.41) is 0.605. The monoisotopic (exact) mass is 291 g/mol. The highest BCUT2D eigenvalue weighted by Crippen LogP contribution is 2.31. The minimum atomic E-state index is -0.196. The Morgan fingerprint density at radius 2 is 1.85 bits per heavy atom. The third-order valence-corrected chi connectivity index (χ3v) is 3.55. The Morgan fingerprint density at radius 3 is 2.40 bits per heavy atom. The second-order valence-electron chi connectivity index (χ2n) is 4.60. The van der Waals surface area contributed by atoms with Crippen molar-refractivity contribution >= 4 is 17.3 Å². The highest BCUT2D eigenvalue weighted by atomic mass is 35.5. The Bertz CT molecular complexity index is 616. The van der Waals surface area contributed by atoms with E-state index < -0.39 is 0 Å². The van der Waals surface area contributed by atoms with Crippen molar-refractivity contribution in [1.82, 2.24) is 5.43 Å². The molecule has 2 rings (SSSR count). The van der Waals surface area contributed by atoms with Gasteiger partial charge in [0.2, 0.25) is 0 Å². The Balaban J connectivity index is 2.47. The minimum Gasteiger partial charge on any atom is -0.497 e. The van der Waals surface area contributed by atoms with Gasteiger partial charge in [0.25, 0.3) is 0 Å². The number of hydrogen-bond acceptors (Lipinski definition) is 4. The van der Waals surface area contributed by atoms with Gasteiger partial charge < -0.3 is 10.5 Å². The third-order valence-electron chi connectivity index (χ3n) is 3.31. The number of methoxy groups -OCH3 is 1. The van der Waals surface area contributed by atoms with Crippen molar-refractivity contribution in [3.8, 4) is 5.75 Å². The van der Waals surface area contributed by atoms with Gasteiger partial charge in [0.15, 0.2) is 0 Å². The van der Waals surface area contributed by atoms with E-state index in [-0.39, 0.29) is 6.04 Å². The fraction of sp³-hybridized carbons (Fsp3) is 0.200. The van der Waals surface area contributed by atoms with Gasteiger partial charge in [0.1, 0.15) is 5.75 Å². The predicted octanol–water partition coefficient (Wildman–Crippen LogP) is 2.79. The van der Waals surface area contributed by atoms with E-state index in [1.807, 2.05) is 31.2 Å². The van der Waals surface area contributed by atoms with Gasteiger partial charge in [-0.05, 0) is 47.9 Å². The SMILES string of the molecule is COc1ccc(C(NN)c2ccc(Cl)cc2N)c(C)c1. The van der Waals surface area contributed by atoms with Crippen molar-refractivity contribution in [2.45, 2.75) is 13.0 Å². The van der Waals surface area contributed by atoms with Crippen LogP contribution in [0, 0.1) is 6.92 Å². The summed E-state index contributed by atoms with van der Waals surface area (Å²) in [6.07, 6.45) is 0. The van der Waals surface area contributed by atoms with Gasteiger partial charge in [-0.15, -0.1) is 0 Å². The Kier molecular flexibility index (Phi) is 4.49. The molecule has 5 heteroatoms. The van der Waals surface area contributed by atoms with Gasteiger partial charge in [0, 0.05) is 10.7 Å². The van der Waals surface area contributed by atoms with Crippen LogP contribution in [0.1, 0.15) is 22.7 Å². The number of nitrogens with two attached hydrogens (primary N) is 2. The van der Waals surface area contributed by atoms with Crippen molar-refractivity contribution in [2.24, 2.45) is 5.84 Å². The summed E-state index contributed by atoms with van der Waals surface area (Å²) in [6.45, 7) is 2.01. The summed E-state index contributed by atoms with van der Waals surface area (Å²) in [7, 11) is 1.64. The first-order valence-electron chi connectivity index (χ1n) is 6.22. The lowest BCUT2D eigenvalue weighted by Gasteiger charge is -2.21. The highest BCUT2D eigenvalue weighted by molar-refractivity contribution is 6.30. The summed E-state index contributed by atoms with van der Waals surface area (Å²) in [4.78, 5) is 0. The quantitative estimate of drug-likeness (QED) is 0.460. The van der Waals surface area contributed by atoms with Crippen molar-refractivity contribution in [1.29, 1.82) is 0 Å². The average Bonchev–Trinajstić information content (AvgIpc) is 2.43. The Morgan fingerprint density at radius 1 is 1.15 bits per heavy atom. The van der Waals surface area contributed by atoms with Crippen LogP contribution in [-0.2, 0) is 0 Å². The number of hydrogen-bond donors (Lipinski definition) is 3. The lowest BCUT2D eigenvalue weighted by atomic mass is 9.94. The summed E-state index contributed by atoms with van der Waals surface area (Å²) >= 11 is 5.93. The number of halogens is 1. The molecule has 0 bridgehead atoms. The number of nitrogens with one attached hydrogen (secondary N) is 1. The van der Waals surface area contributed by atoms with Gasteiger partial charge in [0.05, 0.1) is 13.2 Å². The molecule has 0 aliphatic rings. The summed E-state index contributed by atoms with van der Waals surface area (Å²) in [5.74, 6) is 6.52. The van der Waals surface area contributed by atoms with Crippen LogP contribution < -0.4 is 21.7 Å². The summed E-state index contributed by atoms with van der Waals surface area (Å²) in [6, 6.07) is 11.1. The van der Waals surface area contributed by atoms with E-state index in [0.29, 0.717) is 10.7 Å². The van der Waals surface area contributed by atoms with E-state index in [1.165, 1.54) is 0 Å². The molecule has 2 aromatic carbocycles. The van der Waals surface area contributed by atoms with Gasteiger partial charge >= 0.3 is 0 Å². The largest absolute Gasteiger partial charge is 0.497 e. The Hall–Kier alpha value is -1.75. The van der Waals surface area contributed by atoms with Crippen LogP contribution in [0.5, 0.6) is 5.75 Å². The molecule has 20 heavy (non-hydrogen) atoms. The fourth-order valence-electron chi connectivity index (χ4n) is 2.25. The normalized spacial score (nSPS) is 12.2. The van der Waals surface area contributed by atoms with Gasteiger partial charge in [-0.2, -0.15) is 0 Å². The smallest absolute Gasteiger partial charge is 0.119 e. The lowest BCUT2D eigenvalue weighted by molar-refractivity contribution is 0.414. The first-order valence-corrected chi connectivity index (χ1v) is 6.60. The summed E-state index contributed by atoms with van der Waals surface area (Å²) in [5.41, 5.74) is 12.5.